The van der Waals surface area contributed by atoms with E-state index in [9.17, 15) is 9.59 Å². The maximum Gasteiger partial charge on any atom is 0.257 e. The number of benzene rings is 1. The summed E-state index contributed by atoms with van der Waals surface area (Å²) in [4.78, 5) is 26.8. The molecule has 5 nitrogen and oxygen atoms in total. The number of nitrogens with zero attached hydrogens (tertiary/aromatic N) is 1. The molecule has 2 rings (SSSR count). The number of thiazole rings is 1. The molecule has 1 aromatic carbocycles. The van der Waals surface area contributed by atoms with Crippen LogP contribution in [0, 0.1) is 0 Å². The number of carbonyl (C=O) groups is 2. The van der Waals surface area contributed by atoms with E-state index >= 15 is 0 Å². The van der Waals surface area contributed by atoms with Crippen LogP contribution in [0.2, 0.25) is 0 Å². The summed E-state index contributed by atoms with van der Waals surface area (Å²) in [5, 5.41) is 7.63. The van der Waals surface area contributed by atoms with Gasteiger partial charge in [-0.25, -0.2) is 4.98 Å². The fourth-order valence-corrected chi connectivity index (χ4v) is 1.92. The number of anilines is 2. The zero-order valence-electron chi connectivity index (χ0n) is 9.64. The van der Waals surface area contributed by atoms with E-state index in [1.54, 1.807) is 35.8 Å². The summed E-state index contributed by atoms with van der Waals surface area (Å²) in [6, 6.07) is 6.72. The van der Waals surface area contributed by atoms with Crippen LogP contribution in [0.15, 0.2) is 35.8 Å². The van der Waals surface area contributed by atoms with Gasteiger partial charge in [0.05, 0.1) is 0 Å². The third-order valence-corrected chi connectivity index (χ3v) is 2.79. The second-order valence-electron chi connectivity index (χ2n) is 3.55. The van der Waals surface area contributed by atoms with Gasteiger partial charge in [0.1, 0.15) is 0 Å². The van der Waals surface area contributed by atoms with Gasteiger partial charge in [0.25, 0.3) is 5.91 Å². The van der Waals surface area contributed by atoms with Gasteiger partial charge in [0, 0.05) is 29.8 Å². The minimum absolute atomic E-state index is 0.174. The molecule has 0 aliphatic carbocycles. The molecule has 1 heterocycles. The van der Waals surface area contributed by atoms with Crippen molar-refractivity contribution in [2.75, 3.05) is 10.6 Å². The van der Waals surface area contributed by atoms with Crippen molar-refractivity contribution in [2.45, 2.75) is 6.92 Å². The third kappa shape index (κ3) is 3.14. The van der Waals surface area contributed by atoms with Gasteiger partial charge in [0.15, 0.2) is 5.13 Å². The molecule has 2 amide bonds. The zero-order chi connectivity index (χ0) is 13.0. The van der Waals surface area contributed by atoms with Gasteiger partial charge < -0.3 is 5.32 Å². The van der Waals surface area contributed by atoms with Crippen LogP contribution in [0.1, 0.15) is 17.3 Å². The van der Waals surface area contributed by atoms with Gasteiger partial charge in [0.2, 0.25) is 5.91 Å². The van der Waals surface area contributed by atoms with Crippen molar-refractivity contribution in [1.29, 1.82) is 0 Å². The lowest BCUT2D eigenvalue weighted by molar-refractivity contribution is -0.114. The van der Waals surface area contributed by atoms with E-state index < -0.39 is 0 Å². The van der Waals surface area contributed by atoms with Crippen LogP contribution in [0.25, 0.3) is 0 Å². The van der Waals surface area contributed by atoms with Crippen molar-refractivity contribution < 1.29 is 9.59 Å². The number of rotatable bonds is 3. The van der Waals surface area contributed by atoms with Crippen LogP contribution in [-0.2, 0) is 4.79 Å². The van der Waals surface area contributed by atoms with Gasteiger partial charge in [-0.1, -0.05) is 6.07 Å². The van der Waals surface area contributed by atoms with Gasteiger partial charge in [-0.15, -0.1) is 11.3 Å². The molecule has 0 saturated carbocycles. The Morgan fingerprint density at radius 3 is 2.78 bits per heavy atom. The van der Waals surface area contributed by atoms with Gasteiger partial charge in [-0.2, -0.15) is 0 Å². The van der Waals surface area contributed by atoms with E-state index in [1.807, 2.05) is 0 Å². The van der Waals surface area contributed by atoms with Crippen molar-refractivity contribution in [3.05, 3.63) is 41.4 Å². The monoisotopic (exact) mass is 261 g/mol. The Labute approximate surface area is 108 Å². The Balaban J connectivity index is 2.12. The number of hydrogen-bond donors (Lipinski definition) is 2. The van der Waals surface area contributed by atoms with Crippen LogP contribution >= 0.6 is 11.3 Å². The van der Waals surface area contributed by atoms with Gasteiger partial charge in [-0.3, -0.25) is 14.9 Å². The van der Waals surface area contributed by atoms with E-state index in [0.717, 1.165) is 0 Å². The molecule has 2 N–H and O–H groups in total. The van der Waals surface area contributed by atoms with Gasteiger partial charge >= 0.3 is 0 Å². The lowest BCUT2D eigenvalue weighted by Gasteiger charge is -2.05. The Morgan fingerprint density at radius 1 is 1.28 bits per heavy atom. The van der Waals surface area contributed by atoms with E-state index in [1.165, 1.54) is 18.3 Å². The molecular formula is C12H11N3O2S. The summed E-state index contributed by atoms with van der Waals surface area (Å²) < 4.78 is 0. The fraction of sp³-hybridized carbons (Fsp3) is 0.0833. The van der Waals surface area contributed by atoms with Crippen molar-refractivity contribution in [3.63, 3.8) is 0 Å². The van der Waals surface area contributed by atoms with E-state index in [4.69, 9.17) is 0 Å². The van der Waals surface area contributed by atoms with E-state index in [2.05, 4.69) is 15.6 Å². The van der Waals surface area contributed by atoms with Crippen LogP contribution in [0.5, 0.6) is 0 Å². The summed E-state index contributed by atoms with van der Waals surface area (Å²) in [7, 11) is 0. The number of aromatic nitrogens is 1. The molecule has 2 aromatic rings. The van der Waals surface area contributed by atoms with E-state index in [0.29, 0.717) is 16.4 Å². The molecule has 0 saturated heterocycles. The highest BCUT2D eigenvalue weighted by molar-refractivity contribution is 7.13. The first-order valence-corrected chi connectivity index (χ1v) is 6.11. The first-order chi connectivity index (χ1) is 8.65. The number of hydrogen-bond acceptors (Lipinski definition) is 4. The lowest BCUT2D eigenvalue weighted by Crippen LogP contribution is -2.12. The highest BCUT2D eigenvalue weighted by Gasteiger charge is 2.08. The Kier molecular flexibility index (Phi) is 3.69. The molecule has 0 bridgehead atoms. The summed E-state index contributed by atoms with van der Waals surface area (Å²) >= 11 is 1.35. The van der Waals surface area contributed by atoms with E-state index in [-0.39, 0.29) is 11.8 Å². The zero-order valence-corrected chi connectivity index (χ0v) is 10.5. The molecule has 0 spiro atoms. The van der Waals surface area contributed by atoms with Crippen molar-refractivity contribution in [1.82, 2.24) is 4.98 Å². The Hall–Kier alpha value is -2.21. The quantitative estimate of drug-likeness (QED) is 0.891. The number of carbonyl (C=O) groups excluding carboxylic acids is 2. The predicted molar refractivity (Wildman–Crippen MR) is 70.8 cm³/mol. The molecule has 0 radical (unpaired) electrons. The van der Waals surface area contributed by atoms with Crippen LogP contribution in [0.3, 0.4) is 0 Å². The Bertz CT molecular complexity index is 566. The molecule has 0 fully saturated rings. The SMILES string of the molecule is CC(=O)Nc1cccc(C(=O)Nc2nccs2)c1. The van der Waals surface area contributed by atoms with Crippen molar-refractivity contribution >= 4 is 34.0 Å². The smallest absolute Gasteiger partial charge is 0.257 e. The molecule has 18 heavy (non-hydrogen) atoms. The first kappa shape index (κ1) is 12.3. The topological polar surface area (TPSA) is 71.1 Å². The molecule has 0 atom stereocenters. The first-order valence-electron chi connectivity index (χ1n) is 5.23. The number of amides is 2. The standard InChI is InChI=1S/C12H11N3O2S/c1-8(16)14-10-4-2-3-9(7-10)11(17)15-12-13-5-6-18-12/h2-7H,1H3,(H,14,16)(H,13,15,17). The molecule has 6 heteroatoms. The minimum atomic E-state index is -0.253. The fourth-order valence-electron chi connectivity index (χ4n) is 1.40. The average Bonchev–Trinajstić information content (AvgIpc) is 2.81. The average molecular weight is 261 g/mol. The summed E-state index contributed by atoms with van der Waals surface area (Å²) in [5.41, 5.74) is 1.06. The second-order valence-corrected chi connectivity index (χ2v) is 4.45. The van der Waals surface area contributed by atoms with Crippen LogP contribution in [-0.4, -0.2) is 16.8 Å². The summed E-state index contributed by atoms with van der Waals surface area (Å²) in [6.45, 7) is 1.42. The Morgan fingerprint density at radius 2 is 2.11 bits per heavy atom. The molecule has 0 aliphatic rings. The number of nitrogens with one attached hydrogen (secondary N) is 2. The summed E-state index contributed by atoms with van der Waals surface area (Å²) in [6.07, 6.45) is 1.62. The maximum atomic E-state index is 11.9. The highest BCUT2D eigenvalue weighted by atomic mass is 32.1. The molecule has 0 aliphatic heterocycles. The predicted octanol–water partition coefficient (Wildman–Crippen LogP) is 2.35. The molecular weight excluding hydrogens is 250 g/mol. The van der Waals surface area contributed by atoms with Crippen molar-refractivity contribution in [3.8, 4) is 0 Å². The second kappa shape index (κ2) is 5.42. The molecule has 1 aromatic heterocycles. The minimum Gasteiger partial charge on any atom is -0.326 e. The summed E-state index contributed by atoms with van der Waals surface area (Å²) in [5.74, 6) is -0.426. The molecule has 92 valence electrons. The largest absolute Gasteiger partial charge is 0.326 e. The lowest BCUT2D eigenvalue weighted by atomic mass is 10.2. The van der Waals surface area contributed by atoms with Crippen LogP contribution < -0.4 is 10.6 Å². The highest BCUT2D eigenvalue weighted by Crippen LogP contribution is 2.15. The molecule has 0 unspecified atom stereocenters. The van der Waals surface area contributed by atoms with Gasteiger partial charge in [-0.05, 0) is 18.2 Å². The van der Waals surface area contributed by atoms with Crippen LogP contribution in [0.4, 0.5) is 10.8 Å². The maximum absolute atomic E-state index is 11.9. The van der Waals surface area contributed by atoms with Crippen molar-refractivity contribution in [2.24, 2.45) is 0 Å². The normalized spacial score (nSPS) is 9.83. The third-order valence-electron chi connectivity index (χ3n) is 2.10.